The van der Waals surface area contributed by atoms with E-state index in [9.17, 15) is 0 Å². The van der Waals surface area contributed by atoms with Gasteiger partial charge in [0.15, 0.2) is 7.05 Å². The number of benzene rings is 1. The molecule has 3 nitrogen and oxygen atoms in total. The highest BCUT2D eigenvalue weighted by Gasteiger charge is 2.14. The molecule has 0 saturated heterocycles. The lowest BCUT2D eigenvalue weighted by Gasteiger charge is -1.99. The molecule has 0 bridgehead atoms. The van der Waals surface area contributed by atoms with Crippen LogP contribution in [0.2, 0.25) is 5.02 Å². The first-order valence-corrected chi connectivity index (χ1v) is 7.04. The molecule has 0 spiro atoms. The molecule has 0 aliphatic carbocycles. The summed E-state index contributed by atoms with van der Waals surface area (Å²) in [7, 11) is 1.94. The molecule has 0 unspecified atom stereocenters. The summed E-state index contributed by atoms with van der Waals surface area (Å²) in [6.07, 6.45) is 2.04. The second-order valence-corrected chi connectivity index (χ2v) is 5.60. The normalized spacial score (nSPS) is 10.4. The maximum Gasteiger partial charge on any atom is 0.325 e. The van der Waals surface area contributed by atoms with Gasteiger partial charge in [0.05, 0.1) is 0 Å². The molecule has 0 radical (unpaired) electrons. The quantitative estimate of drug-likeness (QED) is 0.688. The van der Waals surface area contributed by atoms with Crippen molar-refractivity contribution in [2.24, 2.45) is 7.05 Å². The van der Waals surface area contributed by atoms with Gasteiger partial charge in [0.25, 0.3) is 5.13 Å². The molecule has 1 heterocycles. The average Bonchev–Trinajstić information content (AvgIpc) is 2.62. The first-order valence-electron chi connectivity index (χ1n) is 4.63. The molecule has 0 saturated carbocycles. The van der Waals surface area contributed by atoms with E-state index < -0.39 is 0 Å². The van der Waals surface area contributed by atoms with Crippen molar-refractivity contribution in [1.82, 2.24) is 5.10 Å². The Morgan fingerprint density at radius 2 is 2.06 bits per heavy atom. The van der Waals surface area contributed by atoms with E-state index in [-0.39, 0.29) is 0 Å². The first-order chi connectivity index (χ1) is 7.69. The number of halogens is 1. The fourth-order valence-corrected chi connectivity index (χ4v) is 2.90. The number of hydrogen-bond donors (Lipinski definition) is 1. The Kier molecular flexibility index (Phi) is 3.68. The molecule has 1 aromatic heterocycles. The highest BCUT2D eigenvalue weighted by molar-refractivity contribution is 8.00. The number of rotatable bonds is 3. The highest BCUT2D eigenvalue weighted by Crippen LogP contribution is 2.25. The van der Waals surface area contributed by atoms with Crippen LogP contribution in [-0.4, -0.2) is 11.4 Å². The second-order valence-electron chi connectivity index (χ2n) is 3.13. The summed E-state index contributed by atoms with van der Waals surface area (Å²) in [5.74, 6) is 0. The number of nitrogens with zero attached hydrogens (tertiary/aromatic N) is 2. The van der Waals surface area contributed by atoms with Crippen LogP contribution in [0, 0.1) is 0 Å². The summed E-state index contributed by atoms with van der Waals surface area (Å²) in [5, 5.41) is 9.23. The number of hydrogen-bond acceptors (Lipinski definition) is 4. The van der Waals surface area contributed by atoms with E-state index in [1.807, 2.05) is 42.3 Å². The summed E-state index contributed by atoms with van der Waals surface area (Å²) in [5.41, 5.74) is 0.992. The minimum Gasteiger partial charge on any atom is -0.327 e. The van der Waals surface area contributed by atoms with Crippen LogP contribution in [0.25, 0.3) is 0 Å². The molecule has 2 aromatic rings. The van der Waals surface area contributed by atoms with Crippen molar-refractivity contribution < 1.29 is 4.68 Å². The number of thioether (sulfide) groups is 1. The Labute approximate surface area is 107 Å². The van der Waals surface area contributed by atoms with Gasteiger partial charge in [0.2, 0.25) is 0 Å². The molecule has 0 aliphatic heterocycles. The topological polar surface area (TPSA) is 28.8 Å². The molecular formula is C10H11ClN3S2+. The number of anilines is 2. The van der Waals surface area contributed by atoms with Crippen molar-refractivity contribution in [1.29, 1.82) is 0 Å². The molecule has 6 heteroatoms. The maximum absolute atomic E-state index is 5.82. The third kappa shape index (κ3) is 2.66. The summed E-state index contributed by atoms with van der Waals surface area (Å²) < 4.78 is 3.03. The third-order valence-electron chi connectivity index (χ3n) is 1.96. The van der Waals surface area contributed by atoms with E-state index in [0.29, 0.717) is 0 Å². The zero-order valence-corrected chi connectivity index (χ0v) is 11.3. The molecule has 0 fully saturated rings. The molecule has 1 N–H and O–H groups in total. The first kappa shape index (κ1) is 11.7. The third-order valence-corrected chi connectivity index (χ3v) is 4.39. The van der Waals surface area contributed by atoms with Crippen molar-refractivity contribution in [3.8, 4) is 0 Å². The molecule has 0 atom stereocenters. The molecule has 0 amide bonds. The van der Waals surface area contributed by atoms with Crippen LogP contribution in [0.1, 0.15) is 0 Å². The monoisotopic (exact) mass is 272 g/mol. The van der Waals surface area contributed by atoms with Gasteiger partial charge in [0.1, 0.15) is 0 Å². The van der Waals surface area contributed by atoms with Crippen molar-refractivity contribution in [3.05, 3.63) is 29.3 Å². The molecule has 1 aromatic carbocycles. The van der Waals surface area contributed by atoms with Crippen LogP contribution in [-0.2, 0) is 7.05 Å². The second kappa shape index (κ2) is 5.03. The van der Waals surface area contributed by atoms with Crippen LogP contribution in [0.15, 0.2) is 28.6 Å². The van der Waals surface area contributed by atoms with Crippen LogP contribution in [0.3, 0.4) is 0 Å². The van der Waals surface area contributed by atoms with Gasteiger partial charge >= 0.3 is 4.34 Å². The standard InChI is InChI=1S/C10H11ClN3S2/c1-14-10(15-2)16-9(13-14)12-8-5-3-7(11)4-6-8/h3-6H,1-2H3,(H,12,13)/q+1. The Balaban J connectivity index is 2.17. The molecular weight excluding hydrogens is 262 g/mol. The van der Waals surface area contributed by atoms with Crippen molar-refractivity contribution in [3.63, 3.8) is 0 Å². The van der Waals surface area contributed by atoms with Gasteiger partial charge in [-0.3, -0.25) is 0 Å². The minimum absolute atomic E-state index is 0.736. The maximum atomic E-state index is 5.82. The Morgan fingerprint density at radius 1 is 1.38 bits per heavy atom. The lowest BCUT2D eigenvalue weighted by atomic mass is 10.3. The summed E-state index contributed by atoms with van der Waals surface area (Å²) in [6.45, 7) is 0. The summed E-state index contributed by atoms with van der Waals surface area (Å²) >= 11 is 9.13. The number of aryl methyl sites for hydroxylation is 1. The van der Waals surface area contributed by atoms with Gasteiger partial charge < -0.3 is 5.32 Å². The van der Waals surface area contributed by atoms with E-state index in [1.165, 1.54) is 0 Å². The van der Waals surface area contributed by atoms with Crippen LogP contribution < -0.4 is 10.00 Å². The van der Waals surface area contributed by atoms with E-state index in [4.69, 9.17) is 11.6 Å². The average molecular weight is 273 g/mol. The van der Waals surface area contributed by atoms with E-state index in [2.05, 4.69) is 10.4 Å². The van der Waals surface area contributed by atoms with E-state index in [1.54, 1.807) is 23.1 Å². The van der Waals surface area contributed by atoms with Crippen molar-refractivity contribution in [2.75, 3.05) is 11.6 Å². The van der Waals surface area contributed by atoms with Gasteiger partial charge in [-0.15, -0.1) is 0 Å². The predicted molar refractivity (Wildman–Crippen MR) is 69.8 cm³/mol. The highest BCUT2D eigenvalue weighted by atomic mass is 35.5. The van der Waals surface area contributed by atoms with Gasteiger partial charge in [-0.05, 0) is 53.6 Å². The van der Waals surface area contributed by atoms with Crippen molar-refractivity contribution >= 4 is 45.5 Å². The predicted octanol–water partition coefficient (Wildman–Crippen LogP) is 3.09. The lowest BCUT2D eigenvalue weighted by molar-refractivity contribution is -0.757. The van der Waals surface area contributed by atoms with Crippen molar-refractivity contribution in [2.45, 2.75) is 4.34 Å². The van der Waals surface area contributed by atoms with Crippen LogP contribution in [0.4, 0.5) is 10.8 Å². The largest absolute Gasteiger partial charge is 0.327 e. The Bertz CT molecular complexity index is 481. The van der Waals surface area contributed by atoms with Gasteiger partial charge in [-0.25, -0.2) is 0 Å². The summed E-state index contributed by atoms with van der Waals surface area (Å²) in [6, 6.07) is 7.57. The number of nitrogens with one attached hydrogen (secondary N) is 1. The van der Waals surface area contributed by atoms with Gasteiger partial charge in [-0.1, -0.05) is 16.3 Å². The Morgan fingerprint density at radius 3 is 2.62 bits per heavy atom. The van der Waals surface area contributed by atoms with Gasteiger partial charge in [-0.2, -0.15) is 0 Å². The fourth-order valence-electron chi connectivity index (χ4n) is 1.23. The molecule has 84 valence electrons. The van der Waals surface area contributed by atoms with Crippen LogP contribution in [0.5, 0.6) is 0 Å². The van der Waals surface area contributed by atoms with Crippen LogP contribution >= 0.6 is 34.7 Å². The fraction of sp³-hybridized carbons (Fsp3) is 0.200. The number of aromatic nitrogens is 2. The molecule has 0 aliphatic rings. The Hall–Kier alpha value is -0.780. The minimum atomic E-state index is 0.736. The summed E-state index contributed by atoms with van der Waals surface area (Å²) in [4.78, 5) is 0. The van der Waals surface area contributed by atoms with E-state index >= 15 is 0 Å². The zero-order chi connectivity index (χ0) is 11.5. The zero-order valence-electron chi connectivity index (χ0n) is 8.90. The molecule has 16 heavy (non-hydrogen) atoms. The molecule has 2 rings (SSSR count). The smallest absolute Gasteiger partial charge is 0.325 e. The van der Waals surface area contributed by atoms with Gasteiger partial charge in [0, 0.05) is 15.8 Å². The lowest BCUT2D eigenvalue weighted by Crippen LogP contribution is -2.31. The van der Waals surface area contributed by atoms with E-state index in [0.717, 1.165) is 20.2 Å². The SMILES string of the molecule is CSc1sc(Nc2ccc(Cl)cc2)n[n+]1C.